The SMILES string of the molecule is COc1cc(C2/C(=C(\O)c3ccncc3)C(=O)C(=O)N2Cc2ccco2)ccc1OCc1ccccc1. The molecule has 3 heterocycles. The minimum Gasteiger partial charge on any atom is -0.507 e. The number of methoxy groups -OCH3 is 1. The summed E-state index contributed by atoms with van der Waals surface area (Å²) in [5.41, 5.74) is 1.93. The van der Waals surface area contributed by atoms with Crippen molar-refractivity contribution in [2.45, 2.75) is 19.2 Å². The Hall–Kier alpha value is -4.85. The summed E-state index contributed by atoms with van der Waals surface area (Å²) in [6.07, 6.45) is 4.51. The van der Waals surface area contributed by atoms with Gasteiger partial charge in [-0.2, -0.15) is 0 Å². The highest BCUT2D eigenvalue weighted by Crippen LogP contribution is 2.42. The highest BCUT2D eigenvalue weighted by Gasteiger charge is 2.46. The maximum atomic E-state index is 13.2. The molecule has 186 valence electrons. The quantitative estimate of drug-likeness (QED) is 0.211. The Kier molecular flexibility index (Phi) is 6.72. The van der Waals surface area contributed by atoms with Crippen LogP contribution in [0.15, 0.2) is 101 Å². The topological polar surface area (TPSA) is 102 Å². The Morgan fingerprint density at radius 1 is 1.00 bits per heavy atom. The van der Waals surface area contributed by atoms with E-state index in [1.807, 2.05) is 30.3 Å². The number of hydrogen-bond acceptors (Lipinski definition) is 7. The number of aliphatic hydroxyl groups is 1. The minimum absolute atomic E-state index is 0.0252. The zero-order valence-electron chi connectivity index (χ0n) is 20.0. The van der Waals surface area contributed by atoms with Crippen molar-refractivity contribution in [1.29, 1.82) is 0 Å². The third-order valence-electron chi connectivity index (χ3n) is 6.14. The predicted molar refractivity (Wildman–Crippen MR) is 135 cm³/mol. The normalized spacial score (nSPS) is 16.7. The Labute approximate surface area is 213 Å². The molecule has 1 amide bonds. The summed E-state index contributed by atoms with van der Waals surface area (Å²) >= 11 is 0. The van der Waals surface area contributed by atoms with Gasteiger partial charge in [-0.3, -0.25) is 14.6 Å². The predicted octanol–water partition coefficient (Wildman–Crippen LogP) is 4.88. The smallest absolute Gasteiger partial charge is 0.296 e. The lowest BCUT2D eigenvalue weighted by Crippen LogP contribution is -2.29. The monoisotopic (exact) mass is 496 g/mol. The van der Waals surface area contributed by atoms with Crippen molar-refractivity contribution >= 4 is 17.4 Å². The number of hydrogen-bond donors (Lipinski definition) is 1. The van der Waals surface area contributed by atoms with Crippen LogP contribution in [0, 0.1) is 0 Å². The second-order valence-corrected chi connectivity index (χ2v) is 8.43. The van der Waals surface area contributed by atoms with Gasteiger partial charge in [-0.05, 0) is 47.5 Å². The zero-order valence-corrected chi connectivity index (χ0v) is 20.0. The molecular formula is C29H24N2O6. The summed E-state index contributed by atoms with van der Waals surface area (Å²) in [6, 6.07) is 20.6. The van der Waals surface area contributed by atoms with Gasteiger partial charge in [-0.15, -0.1) is 0 Å². The number of likely N-dealkylation sites (tertiary alicyclic amines) is 1. The van der Waals surface area contributed by atoms with E-state index in [2.05, 4.69) is 4.98 Å². The second-order valence-electron chi connectivity index (χ2n) is 8.43. The lowest BCUT2D eigenvalue weighted by Gasteiger charge is -2.25. The molecule has 5 rings (SSSR count). The van der Waals surface area contributed by atoms with Crippen LogP contribution < -0.4 is 9.47 Å². The molecule has 1 atom stereocenters. The van der Waals surface area contributed by atoms with E-state index in [0.717, 1.165) is 5.56 Å². The van der Waals surface area contributed by atoms with Gasteiger partial charge in [-0.25, -0.2) is 0 Å². The molecule has 1 aliphatic heterocycles. The van der Waals surface area contributed by atoms with Gasteiger partial charge in [0.1, 0.15) is 18.1 Å². The number of Topliss-reactive ketones (excluding diaryl/α,β-unsaturated/α-hetero) is 1. The number of furan rings is 1. The van der Waals surface area contributed by atoms with Gasteiger partial charge in [0.25, 0.3) is 11.7 Å². The number of nitrogens with zero attached hydrogens (tertiary/aromatic N) is 2. The number of carbonyl (C=O) groups is 2. The van der Waals surface area contributed by atoms with Crippen LogP contribution in [0.2, 0.25) is 0 Å². The number of benzene rings is 2. The molecule has 2 aromatic carbocycles. The second kappa shape index (κ2) is 10.4. The summed E-state index contributed by atoms with van der Waals surface area (Å²) in [4.78, 5) is 31.7. The third kappa shape index (κ3) is 4.81. The van der Waals surface area contributed by atoms with Gasteiger partial charge in [0, 0.05) is 18.0 Å². The average molecular weight is 497 g/mol. The molecule has 0 bridgehead atoms. The molecule has 4 aromatic rings. The van der Waals surface area contributed by atoms with Gasteiger partial charge >= 0.3 is 0 Å². The van der Waals surface area contributed by atoms with Crippen LogP contribution >= 0.6 is 0 Å². The fraction of sp³-hybridized carbons (Fsp3) is 0.138. The van der Waals surface area contributed by atoms with E-state index in [9.17, 15) is 14.7 Å². The average Bonchev–Trinajstić information content (AvgIpc) is 3.55. The summed E-state index contributed by atoms with van der Waals surface area (Å²) in [5.74, 6) is -0.357. The molecule has 1 N–H and O–H groups in total. The van der Waals surface area contributed by atoms with Gasteiger partial charge < -0.3 is 23.9 Å². The molecule has 8 nitrogen and oxygen atoms in total. The van der Waals surface area contributed by atoms with Crippen molar-refractivity contribution in [2.75, 3.05) is 7.11 Å². The highest BCUT2D eigenvalue weighted by molar-refractivity contribution is 6.46. The summed E-state index contributed by atoms with van der Waals surface area (Å²) in [7, 11) is 1.52. The molecule has 0 spiro atoms. The van der Waals surface area contributed by atoms with Crippen molar-refractivity contribution in [1.82, 2.24) is 9.88 Å². The number of aliphatic hydroxyl groups excluding tert-OH is 1. The van der Waals surface area contributed by atoms with E-state index in [1.165, 1.54) is 30.7 Å². The first-order chi connectivity index (χ1) is 18.1. The molecule has 37 heavy (non-hydrogen) atoms. The van der Waals surface area contributed by atoms with Crippen LogP contribution in [0.5, 0.6) is 11.5 Å². The van der Waals surface area contributed by atoms with E-state index in [0.29, 0.717) is 35.0 Å². The third-order valence-corrected chi connectivity index (χ3v) is 6.14. The summed E-state index contributed by atoms with van der Waals surface area (Å²) < 4.78 is 17.0. The first-order valence-electron chi connectivity index (χ1n) is 11.6. The van der Waals surface area contributed by atoms with Crippen molar-refractivity contribution in [3.8, 4) is 11.5 Å². The van der Waals surface area contributed by atoms with E-state index in [4.69, 9.17) is 13.9 Å². The Balaban J connectivity index is 1.56. The maximum absolute atomic E-state index is 13.2. The lowest BCUT2D eigenvalue weighted by molar-refractivity contribution is -0.140. The fourth-order valence-corrected chi connectivity index (χ4v) is 4.33. The number of amides is 1. The van der Waals surface area contributed by atoms with E-state index < -0.39 is 17.7 Å². The van der Waals surface area contributed by atoms with Crippen LogP contribution in [-0.4, -0.2) is 33.8 Å². The molecule has 0 aliphatic carbocycles. The molecule has 2 aromatic heterocycles. The standard InChI is InChI=1S/C29H24N2O6/c1-35-24-16-21(9-10-23(24)37-18-19-6-3-2-4-7-19)26-25(27(32)20-11-13-30-14-12-20)28(33)29(34)31(26)17-22-8-5-15-36-22/h2-16,26,32H,17-18H2,1H3/b27-25+. The number of aromatic nitrogens is 1. The van der Waals surface area contributed by atoms with E-state index in [-0.39, 0.29) is 17.9 Å². The van der Waals surface area contributed by atoms with Crippen molar-refractivity contribution in [3.63, 3.8) is 0 Å². The molecule has 1 fully saturated rings. The number of rotatable bonds is 8. The molecule has 1 unspecified atom stereocenters. The Morgan fingerprint density at radius 2 is 1.78 bits per heavy atom. The van der Waals surface area contributed by atoms with Crippen LogP contribution in [-0.2, 0) is 22.7 Å². The molecular weight excluding hydrogens is 472 g/mol. The number of carbonyl (C=O) groups excluding carboxylic acids is 2. The van der Waals surface area contributed by atoms with Crippen molar-refractivity contribution in [2.24, 2.45) is 0 Å². The van der Waals surface area contributed by atoms with Crippen LogP contribution in [0.3, 0.4) is 0 Å². The molecule has 1 saturated heterocycles. The number of ether oxygens (including phenoxy) is 2. The largest absolute Gasteiger partial charge is 0.507 e. The van der Waals surface area contributed by atoms with Gasteiger partial charge in [0.05, 0.1) is 31.5 Å². The summed E-state index contributed by atoms with van der Waals surface area (Å²) in [6.45, 7) is 0.388. The van der Waals surface area contributed by atoms with E-state index in [1.54, 1.807) is 42.5 Å². The molecule has 1 aliphatic rings. The minimum atomic E-state index is -0.879. The van der Waals surface area contributed by atoms with Crippen LogP contribution in [0.4, 0.5) is 0 Å². The summed E-state index contributed by atoms with van der Waals surface area (Å²) in [5, 5.41) is 11.1. The van der Waals surface area contributed by atoms with Gasteiger partial charge in [-0.1, -0.05) is 36.4 Å². The van der Waals surface area contributed by atoms with Gasteiger partial charge in [0.2, 0.25) is 0 Å². The van der Waals surface area contributed by atoms with E-state index >= 15 is 0 Å². The number of ketones is 1. The Bertz CT molecular complexity index is 1430. The first-order valence-corrected chi connectivity index (χ1v) is 11.6. The van der Waals surface area contributed by atoms with Crippen LogP contribution in [0.25, 0.3) is 5.76 Å². The fourth-order valence-electron chi connectivity index (χ4n) is 4.33. The Morgan fingerprint density at radius 3 is 2.49 bits per heavy atom. The van der Waals surface area contributed by atoms with Crippen molar-refractivity contribution in [3.05, 3.63) is 119 Å². The maximum Gasteiger partial charge on any atom is 0.296 e. The molecule has 8 heteroatoms. The first kappa shape index (κ1) is 23.9. The highest BCUT2D eigenvalue weighted by atomic mass is 16.5. The number of pyridine rings is 1. The molecule has 0 radical (unpaired) electrons. The molecule has 0 saturated carbocycles. The van der Waals surface area contributed by atoms with Crippen LogP contribution in [0.1, 0.15) is 28.5 Å². The van der Waals surface area contributed by atoms with Gasteiger partial charge in [0.15, 0.2) is 11.5 Å². The zero-order chi connectivity index (χ0) is 25.8. The van der Waals surface area contributed by atoms with Crippen molar-refractivity contribution < 1.29 is 28.6 Å². The lowest BCUT2D eigenvalue weighted by atomic mass is 9.95.